The summed E-state index contributed by atoms with van der Waals surface area (Å²) in [6.07, 6.45) is 1.98. The molecule has 0 radical (unpaired) electrons. The van der Waals surface area contributed by atoms with Crippen molar-refractivity contribution in [3.63, 3.8) is 0 Å². The van der Waals surface area contributed by atoms with Crippen molar-refractivity contribution in [2.24, 2.45) is 5.92 Å². The lowest BCUT2D eigenvalue weighted by atomic mass is 9.85. The van der Waals surface area contributed by atoms with E-state index in [1.54, 1.807) is 12.1 Å². The molecule has 10 heteroatoms. The Morgan fingerprint density at radius 2 is 1.81 bits per heavy atom. The van der Waals surface area contributed by atoms with Gasteiger partial charge in [0.05, 0.1) is 4.90 Å². The lowest BCUT2D eigenvalue weighted by molar-refractivity contribution is -0.0498. The Bertz CT molecular complexity index is 1040. The number of alkyl halides is 2. The van der Waals surface area contributed by atoms with E-state index in [1.165, 1.54) is 36.4 Å². The highest BCUT2D eigenvalue weighted by atomic mass is 32.2. The summed E-state index contributed by atoms with van der Waals surface area (Å²) >= 11 is 0. The molecule has 2 N–H and O–H groups in total. The number of nitrogens with zero attached hydrogens (tertiary/aromatic N) is 1. The number of anilines is 1. The van der Waals surface area contributed by atoms with E-state index in [9.17, 15) is 22.0 Å². The fraction of sp³-hybridized carbons (Fsp3) is 0.381. The molecule has 166 valence electrons. The molecule has 1 amide bonds. The Balaban J connectivity index is 1.43. The topological polar surface area (TPSA) is 87.7 Å². The smallest absolute Gasteiger partial charge is 0.387 e. The average Bonchev–Trinajstić information content (AvgIpc) is 2.74. The van der Waals surface area contributed by atoms with Gasteiger partial charge in [0.2, 0.25) is 10.0 Å². The van der Waals surface area contributed by atoms with Crippen LogP contribution in [0.5, 0.6) is 5.75 Å². The molecule has 0 spiro atoms. The molecule has 0 aliphatic carbocycles. The third-order valence-corrected chi connectivity index (χ3v) is 7.19. The van der Waals surface area contributed by atoms with E-state index in [4.69, 9.17) is 0 Å². The number of piperidine rings is 3. The Hall–Kier alpha value is -2.56. The number of ether oxygens (including phenoxy) is 1. The number of halogens is 2. The second kappa shape index (κ2) is 8.89. The van der Waals surface area contributed by atoms with Crippen molar-refractivity contribution >= 4 is 21.6 Å². The normalized spacial score (nSPS) is 23.0. The van der Waals surface area contributed by atoms with Gasteiger partial charge < -0.3 is 15.0 Å². The monoisotopic (exact) mass is 451 g/mol. The number of carbonyl (C=O) groups excluding carboxylic acids is 1. The van der Waals surface area contributed by atoms with E-state index in [2.05, 4.69) is 19.7 Å². The van der Waals surface area contributed by atoms with Gasteiger partial charge in [-0.25, -0.2) is 13.1 Å². The lowest BCUT2D eigenvalue weighted by Gasteiger charge is -2.44. The zero-order valence-electron chi connectivity index (χ0n) is 16.6. The summed E-state index contributed by atoms with van der Waals surface area (Å²) in [6, 6.07) is 11.1. The van der Waals surface area contributed by atoms with Crippen LogP contribution in [-0.4, -0.2) is 51.5 Å². The van der Waals surface area contributed by atoms with Crippen LogP contribution in [0.1, 0.15) is 23.2 Å². The summed E-state index contributed by atoms with van der Waals surface area (Å²) in [5.41, 5.74) is 0.537. The average molecular weight is 451 g/mol. The summed E-state index contributed by atoms with van der Waals surface area (Å²) in [7, 11) is -3.74. The zero-order valence-corrected chi connectivity index (χ0v) is 17.4. The molecule has 31 heavy (non-hydrogen) atoms. The first-order chi connectivity index (χ1) is 14.8. The standard InChI is InChI=1S/C21H23F2N3O4S/c22-21(23)30-17-6-4-15(5-7-17)20(27)24-16-2-1-3-18(12-16)31(28,29)25-19-13-26-10-8-14(19)9-11-26/h1-7,12,14,19,21,25H,8-11,13H2,(H,24,27). The van der Waals surface area contributed by atoms with Crippen molar-refractivity contribution in [3.8, 4) is 5.75 Å². The number of hydrogen-bond acceptors (Lipinski definition) is 5. The summed E-state index contributed by atoms with van der Waals surface area (Å²) in [5, 5.41) is 2.63. The first-order valence-corrected chi connectivity index (χ1v) is 11.5. The van der Waals surface area contributed by atoms with Gasteiger partial charge in [-0.05, 0) is 74.3 Å². The Morgan fingerprint density at radius 1 is 1.10 bits per heavy atom. The van der Waals surface area contributed by atoms with Crippen LogP contribution in [0.25, 0.3) is 0 Å². The van der Waals surface area contributed by atoms with Crippen molar-refractivity contribution in [2.75, 3.05) is 25.0 Å². The van der Waals surface area contributed by atoms with Crippen LogP contribution in [0.3, 0.4) is 0 Å². The second-order valence-electron chi connectivity index (χ2n) is 7.75. The maximum absolute atomic E-state index is 12.9. The Labute approximate surface area is 179 Å². The first kappa shape index (κ1) is 21.7. The number of benzene rings is 2. The molecule has 3 aliphatic rings. The van der Waals surface area contributed by atoms with E-state index >= 15 is 0 Å². The molecule has 7 nitrogen and oxygen atoms in total. The van der Waals surface area contributed by atoms with E-state index in [0.29, 0.717) is 18.2 Å². The van der Waals surface area contributed by atoms with Gasteiger partial charge >= 0.3 is 6.61 Å². The quantitative estimate of drug-likeness (QED) is 0.676. The van der Waals surface area contributed by atoms with Gasteiger partial charge in [0.1, 0.15) is 5.75 Å². The first-order valence-electron chi connectivity index (χ1n) is 10.0. The molecule has 3 aliphatic heterocycles. The third-order valence-electron chi connectivity index (χ3n) is 5.71. The minimum atomic E-state index is -3.74. The molecule has 3 fully saturated rings. The second-order valence-corrected chi connectivity index (χ2v) is 9.46. The molecule has 1 unspecified atom stereocenters. The highest BCUT2D eigenvalue weighted by Gasteiger charge is 2.36. The van der Waals surface area contributed by atoms with E-state index < -0.39 is 22.5 Å². The van der Waals surface area contributed by atoms with Crippen LogP contribution in [-0.2, 0) is 10.0 Å². The number of fused-ring (bicyclic) bond motifs is 3. The minimum absolute atomic E-state index is 0.0570. The van der Waals surface area contributed by atoms with Gasteiger partial charge in [-0.3, -0.25) is 4.79 Å². The van der Waals surface area contributed by atoms with Gasteiger partial charge in [0.25, 0.3) is 5.91 Å². The maximum Gasteiger partial charge on any atom is 0.387 e. The van der Waals surface area contributed by atoms with Gasteiger partial charge in [-0.15, -0.1) is 0 Å². The largest absolute Gasteiger partial charge is 0.435 e. The molecule has 2 aromatic rings. The Morgan fingerprint density at radius 3 is 2.42 bits per heavy atom. The molecule has 3 heterocycles. The van der Waals surface area contributed by atoms with Crippen molar-refractivity contribution in [3.05, 3.63) is 54.1 Å². The van der Waals surface area contributed by atoms with Crippen molar-refractivity contribution in [1.82, 2.24) is 9.62 Å². The van der Waals surface area contributed by atoms with Gasteiger partial charge in [0.15, 0.2) is 0 Å². The van der Waals surface area contributed by atoms with Crippen molar-refractivity contribution in [1.29, 1.82) is 0 Å². The van der Waals surface area contributed by atoms with Crippen molar-refractivity contribution < 1.29 is 26.7 Å². The lowest BCUT2D eigenvalue weighted by Crippen LogP contribution is -2.57. The Kier molecular flexibility index (Phi) is 6.22. The molecule has 0 aromatic heterocycles. The number of hydrogen-bond donors (Lipinski definition) is 2. The summed E-state index contributed by atoms with van der Waals surface area (Å²) < 4.78 is 57.3. The van der Waals surface area contributed by atoms with Crippen LogP contribution in [0.15, 0.2) is 53.4 Å². The fourth-order valence-electron chi connectivity index (χ4n) is 4.10. The number of rotatable bonds is 7. The minimum Gasteiger partial charge on any atom is -0.435 e. The SMILES string of the molecule is O=C(Nc1cccc(S(=O)(=O)NC2CN3CCC2CC3)c1)c1ccc(OC(F)F)cc1. The van der Waals surface area contributed by atoms with E-state index in [1.807, 2.05) is 0 Å². The third kappa shape index (κ3) is 5.20. The van der Waals surface area contributed by atoms with E-state index in [-0.39, 0.29) is 22.3 Å². The zero-order chi connectivity index (χ0) is 22.0. The highest BCUT2D eigenvalue weighted by Crippen LogP contribution is 2.29. The van der Waals surface area contributed by atoms with Gasteiger partial charge in [0, 0.05) is 23.8 Å². The molecule has 2 bridgehead atoms. The van der Waals surface area contributed by atoms with E-state index in [0.717, 1.165) is 25.9 Å². The number of sulfonamides is 1. The van der Waals surface area contributed by atoms with Crippen molar-refractivity contribution in [2.45, 2.75) is 30.4 Å². The predicted molar refractivity (Wildman–Crippen MR) is 111 cm³/mol. The molecule has 0 saturated carbocycles. The van der Waals surface area contributed by atoms with Gasteiger partial charge in [-0.2, -0.15) is 8.78 Å². The van der Waals surface area contributed by atoms with Crippen LogP contribution in [0, 0.1) is 5.92 Å². The molecule has 3 saturated heterocycles. The highest BCUT2D eigenvalue weighted by molar-refractivity contribution is 7.89. The maximum atomic E-state index is 12.9. The van der Waals surface area contributed by atoms with Crippen LogP contribution in [0.2, 0.25) is 0 Å². The molecule has 2 aromatic carbocycles. The molecular formula is C21H23F2N3O4S. The van der Waals surface area contributed by atoms with Gasteiger partial charge in [-0.1, -0.05) is 6.07 Å². The molecule has 1 atom stereocenters. The summed E-state index contributed by atoms with van der Waals surface area (Å²) in [5.74, 6) is -0.207. The number of amides is 1. The number of nitrogens with one attached hydrogen (secondary N) is 2. The van der Waals surface area contributed by atoms with Crippen LogP contribution >= 0.6 is 0 Å². The molecular weight excluding hydrogens is 428 g/mol. The molecule has 5 rings (SSSR count). The van der Waals surface area contributed by atoms with Crippen LogP contribution in [0.4, 0.5) is 14.5 Å². The van der Waals surface area contributed by atoms with Crippen LogP contribution < -0.4 is 14.8 Å². The summed E-state index contributed by atoms with van der Waals surface area (Å²) in [4.78, 5) is 14.8. The summed E-state index contributed by atoms with van der Waals surface area (Å²) in [6.45, 7) is -0.204. The predicted octanol–water partition coefficient (Wildman–Crippen LogP) is 2.91. The fourth-order valence-corrected chi connectivity index (χ4v) is 5.44. The number of carbonyl (C=O) groups is 1.